The van der Waals surface area contributed by atoms with E-state index >= 15 is 0 Å². The zero-order valence-corrected chi connectivity index (χ0v) is 17.6. The lowest BCUT2D eigenvalue weighted by molar-refractivity contribution is -0.0309. The molecular weight excluding hydrogens is 434 g/mol. The molecule has 3 aliphatic rings. The highest BCUT2D eigenvalue weighted by atomic mass is 19.3. The summed E-state index contributed by atoms with van der Waals surface area (Å²) >= 11 is 0. The first-order chi connectivity index (χ1) is 16.0. The van der Waals surface area contributed by atoms with Crippen molar-refractivity contribution in [3.05, 3.63) is 47.9 Å². The van der Waals surface area contributed by atoms with Crippen LogP contribution < -0.4 is 15.0 Å². The van der Waals surface area contributed by atoms with Gasteiger partial charge in [0.05, 0.1) is 36.8 Å². The van der Waals surface area contributed by atoms with Gasteiger partial charge in [-0.15, -0.1) is 0 Å². The highest BCUT2D eigenvalue weighted by molar-refractivity contribution is 6.09. The quantitative estimate of drug-likeness (QED) is 0.579. The van der Waals surface area contributed by atoms with E-state index in [0.29, 0.717) is 42.2 Å². The van der Waals surface area contributed by atoms with Crippen LogP contribution in [0.15, 0.2) is 36.8 Å². The number of hydrogen-bond acceptors (Lipinski definition) is 7. The minimum absolute atomic E-state index is 0.0886. The van der Waals surface area contributed by atoms with Gasteiger partial charge in [-0.2, -0.15) is 5.10 Å². The van der Waals surface area contributed by atoms with Gasteiger partial charge >= 0.3 is 0 Å². The molecule has 3 unspecified atom stereocenters. The summed E-state index contributed by atoms with van der Waals surface area (Å²) in [5.74, 6) is 0.333. The van der Waals surface area contributed by atoms with E-state index in [2.05, 4.69) is 20.3 Å². The molecule has 0 aliphatic carbocycles. The zero-order chi connectivity index (χ0) is 22.7. The summed E-state index contributed by atoms with van der Waals surface area (Å²) in [7, 11) is 0. The molecular formula is C22H22F2N6O3. The van der Waals surface area contributed by atoms with Crippen LogP contribution in [0.25, 0.3) is 5.65 Å². The number of piperazine rings is 1. The standard InChI is InChI=1S/C22H22F2N6O3/c23-20(24)10-28-8-18-17(28)9-29(18)16-6-19-12(4-13(11-31)33-19)5-15(16)27-22(32)14-7-26-30-3-1-2-25-21(14)30/h1-3,5-7,13,17-18,20,31H,4,8-11H2,(H,27,32). The number of carbonyl (C=O) groups is 1. The molecule has 3 aliphatic heterocycles. The molecule has 3 aromatic rings. The number of ether oxygens (including phenoxy) is 1. The molecule has 2 N–H and O–H groups in total. The molecule has 6 rings (SSSR count). The molecule has 2 aromatic heterocycles. The van der Waals surface area contributed by atoms with Crippen LogP contribution in [0.2, 0.25) is 0 Å². The minimum Gasteiger partial charge on any atom is -0.487 e. The number of aliphatic hydroxyl groups is 1. The zero-order valence-electron chi connectivity index (χ0n) is 17.6. The minimum atomic E-state index is -2.35. The van der Waals surface area contributed by atoms with Crippen LogP contribution in [0.4, 0.5) is 20.2 Å². The third-order valence-electron chi connectivity index (χ3n) is 6.70. The van der Waals surface area contributed by atoms with Gasteiger partial charge in [0, 0.05) is 49.6 Å². The second-order valence-electron chi connectivity index (χ2n) is 8.64. The molecule has 9 nitrogen and oxygen atoms in total. The van der Waals surface area contributed by atoms with Crippen LogP contribution in [0.3, 0.4) is 0 Å². The summed E-state index contributed by atoms with van der Waals surface area (Å²) in [6, 6.07) is 5.69. The number of aromatic nitrogens is 3. The fraction of sp³-hybridized carbons (Fsp3) is 0.409. The Kier molecular flexibility index (Phi) is 4.70. The Labute approximate surface area is 187 Å². The maximum Gasteiger partial charge on any atom is 0.261 e. The number of likely N-dealkylation sites (tertiary alicyclic amines) is 1. The van der Waals surface area contributed by atoms with Gasteiger partial charge in [-0.1, -0.05) is 0 Å². The van der Waals surface area contributed by atoms with Crippen molar-refractivity contribution in [3.63, 3.8) is 0 Å². The number of alkyl halides is 2. The highest BCUT2D eigenvalue weighted by Crippen LogP contribution is 2.45. The van der Waals surface area contributed by atoms with Gasteiger partial charge in [-0.25, -0.2) is 18.3 Å². The topological polar surface area (TPSA) is 95.2 Å². The van der Waals surface area contributed by atoms with Crippen molar-refractivity contribution in [1.29, 1.82) is 0 Å². The Balaban J connectivity index is 1.29. The molecule has 0 saturated carbocycles. The summed E-state index contributed by atoms with van der Waals surface area (Å²) in [5.41, 5.74) is 3.09. The molecule has 3 atom stereocenters. The lowest BCUT2D eigenvalue weighted by Gasteiger charge is -2.63. The van der Waals surface area contributed by atoms with E-state index < -0.39 is 6.43 Å². The lowest BCUT2D eigenvalue weighted by atomic mass is 9.84. The summed E-state index contributed by atoms with van der Waals surface area (Å²) in [6.45, 7) is 0.834. The molecule has 11 heteroatoms. The largest absolute Gasteiger partial charge is 0.487 e. The number of amides is 1. The number of benzene rings is 1. The highest BCUT2D eigenvalue weighted by Gasteiger charge is 2.52. The Morgan fingerprint density at radius 2 is 2.18 bits per heavy atom. The molecule has 0 radical (unpaired) electrons. The summed E-state index contributed by atoms with van der Waals surface area (Å²) in [6.07, 6.45) is 2.66. The monoisotopic (exact) mass is 456 g/mol. The smallest absolute Gasteiger partial charge is 0.261 e. The first-order valence-electron chi connectivity index (χ1n) is 10.8. The fourth-order valence-corrected chi connectivity index (χ4v) is 4.98. The predicted octanol–water partition coefficient (Wildman–Crippen LogP) is 1.42. The van der Waals surface area contributed by atoms with Crippen molar-refractivity contribution in [2.75, 3.05) is 36.5 Å². The number of rotatable bonds is 6. The van der Waals surface area contributed by atoms with Crippen molar-refractivity contribution in [2.45, 2.75) is 31.0 Å². The van der Waals surface area contributed by atoms with Gasteiger partial charge in [0.25, 0.3) is 12.3 Å². The number of fused-ring (bicyclic) bond motifs is 3. The number of halogens is 2. The van der Waals surface area contributed by atoms with Crippen LogP contribution in [0, 0.1) is 0 Å². The molecule has 5 heterocycles. The normalized spacial score (nSPS) is 23.6. The van der Waals surface area contributed by atoms with E-state index in [1.54, 1.807) is 23.4 Å². The average molecular weight is 456 g/mol. The van der Waals surface area contributed by atoms with E-state index in [0.717, 1.165) is 11.3 Å². The summed E-state index contributed by atoms with van der Waals surface area (Å²) < 4.78 is 32.9. The van der Waals surface area contributed by atoms with Crippen LogP contribution in [0.5, 0.6) is 5.75 Å². The van der Waals surface area contributed by atoms with E-state index in [4.69, 9.17) is 4.74 Å². The van der Waals surface area contributed by atoms with Crippen LogP contribution >= 0.6 is 0 Å². The van der Waals surface area contributed by atoms with Crippen LogP contribution in [-0.2, 0) is 6.42 Å². The molecule has 33 heavy (non-hydrogen) atoms. The number of nitrogens with one attached hydrogen (secondary N) is 1. The maximum absolute atomic E-state index is 13.1. The van der Waals surface area contributed by atoms with Gasteiger partial charge in [-0.3, -0.25) is 9.69 Å². The lowest BCUT2D eigenvalue weighted by Crippen LogP contribution is -2.79. The molecule has 172 valence electrons. The Morgan fingerprint density at radius 1 is 1.30 bits per heavy atom. The molecule has 2 fully saturated rings. The molecule has 2 saturated heterocycles. The second-order valence-corrected chi connectivity index (χ2v) is 8.64. The number of aliphatic hydroxyl groups excluding tert-OH is 1. The van der Waals surface area contributed by atoms with Crippen LogP contribution in [0.1, 0.15) is 15.9 Å². The van der Waals surface area contributed by atoms with Gasteiger partial charge in [0.15, 0.2) is 5.65 Å². The third kappa shape index (κ3) is 3.30. The van der Waals surface area contributed by atoms with Crippen molar-refractivity contribution < 1.29 is 23.4 Å². The molecule has 0 bridgehead atoms. The number of hydrogen-bond donors (Lipinski definition) is 2. The van der Waals surface area contributed by atoms with Gasteiger partial charge < -0.3 is 20.1 Å². The van der Waals surface area contributed by atoms with Gasteiger partial charge in [0.1, 0.15) is 17.4 Å². The van der Waals surface area contributed by atoms with E-state index in [-0.39, 0.29) is 37.2 Å². The average Bonchev–Trinajstić information content (AvgIpc) is 3.40. The summed E-state index contributed by atoms with van der Waals surface area (Å²) in [4.78, 5) is 21.3. The first kappa shape index (κ1) is 20.3. The molecule has 1 amide bonds. The van der Waals surface area contributed by atoms with Gasteiger partial charge in [-0.05, 0) is 12.1 Å². The fourth-order valence-electron chi connectivity index (χ4n) is 4.98. The maximum atomic E-state index is 13.1. The Bertz CT molecular complexity index is 1230. The predicted molar refractivity (Wildman–Crippen MR) is 115 cm³/mol. The SMILES string of the molecule is O=C(Nc1cc2c(cc1N1CC3C1CN3CC(F)F)OC(CO)C2)c1cnn2cccnc12. The van der Waals surface area contributed by atoms with Crippen molar-refractivity contribution in [3.8, 4) is 5.75 Å². The third-order valence-corrected chi connectivity index (χ3v) is 6.70. The second kappa shape index (κ2) is 7.63. The number of carbonyl (C=O) groups excluding carboxylic acids is 1. The Morgan fingerprint density at radius 3 is 2.94 bits per heavy atom. The number of anilines is 2. The van der Waals surface area contributed by atoms with E-state index in [1.165, 1.54) is 10.7 Å². The summed E-state index contributed by atoms with van der Waals surface area (Å²) in [5, 5.41) is 16.7. The van der Waals surface area contributed by atoms with Crippen molar-refractivity contribution in [1.82, 2.24) is 19.5 Å². The van der Waals surface area contributed by atoms with Crippen molar-refractivity contribution >= 4 is 22.9 Å². The van der Waals surface area contributed by atoms with E-state index in [1.807, 2.05) is 12.1 Å². The van der Waals surface area contributed by atoms with Gasteiger partial charge in [0.2, 0.25) is 0 Å². The molecule has 0 spiro atoms. The van der Waals surface area contributed by atoms with Crippen LogP contribution in [-0.4, -0.2) is 81.4 Å². The molecule has 1 aromatic carbocycles. The van der Waals surface area contributed by atoms with Crippen molar-refractivity contribution in [2.24, 2.45) is 0 Å². The Hall–Kier alpha value is -3.31. The first-order valence-corrected chi connectivity index (χ1v) is 10.8. The number of nitrogens with zero attached hydrogens (tertiary/aromatic N) is 5. The van der Waals surface area contributed by atoms with E-state index in [9.17, 15) is 18.7 Å².